The topological polar surface area (TPSA) is 57.5 Å². The lowest BCUT2D eigenvalue weighted by molar-refractivity contribution is -0.121. The number of fused-ring (bicyclic) bond motifs is 5. The Morgan fingerprint density at radius 1 is 1.13 bits per heavy atom. The zero-order valence-corrected chi connectivity index (χ0v) is 14.3. The highest BCUT2D eigenvalue weighted by Crippen LogP contribution is 2.66. The Kier molecular flexibility index (Phi) is 3.73. The molecule has 2 N–H and O–H groups in total. The number of hydrogen-bond donors (Lipinski definition) is 2. The average molecular weight is 318 g/mol. The Hall–Kier alpha value is -0.670. The van der Waals surface area contributed by atoms with E-state index in [4.69, 9.17) is 0 Å². The maximum absolute atomic E-state index is 11.9. The summed E-state index contributed by atoms with van der Waals surface area (Å²) in [5.41, 5.74) is 1.23. The van der Waals surface area contributed by atoms with Crippen LogP contribution in [0, 0.1) is 28.6 Å². The van der Waals surface area contributed by atoms with Crippen LogP contribution in [0.2, 0.25) is 0 Å². The van der Waals surface area contributed by atoms with Crippen molar-refractivity contribution in [1.29, 1.82) is 0 Å². The zero-order chi connectivity index (χ0) is 16.2. The van der Waals surface area contributed by atoms with Gasteiger partial charge in [-0.2, -0.15) is 0 Å². The molecule has 0 aromatic heterocycles. The Morgan fingerprint density at radius 3 is 2.70 bits per heavy atom. The molecule has 4 rings (SSSR count). The van der Waals surface area contributed by atoms with Gasteiger partial charge < -0.3 is 10.2 Å². The van der Waals surface area contributed by atoms with Crippen LogP contribution in [-0.4, -0.2) is 28.7 Å². The molecule has 3 saturated carbocycles. The molecule has 0 bridgehead atoms. The van der Waals surface area contributed by atoms with Gasteiger partial charge in [-0.3, -0.25) is 4.79 Å². The maximum atomic E-state index is 11.9. The summed E-state index contributed by atoms with van der Waals surface area (Å²) in [4.78, 5) is 11.9. The number of aliphatic hydroxyl groups excluding tert-OH is 2. The number of carbonyl (C=O) groups excluding carboxylic acids is 1. The fraction of sp³-hybridized carbons (Fsp3) is 0.850. The first-order valence-corrected chi connectivity index (χ1v) is 9.60. The van der Waals surface area contributed by atoms with E-state index in [0.29, 0.717) is 24.2 Å². The van der Waals surface area contributed by atoms with Crippen molar-refractivity contribution < 1.29 is 15.0 Å². The summed E-state index contributed by atoms with van der Waals surface area (Å²) in [6.07, 6.45) is 10.7. The molecule has 0 spiro atoms. The normalized spacial score (nSPS) is 49.2. The molecule has 0 heterocycles. The zero-order valence-electron chi connectivity index (χ0n) is 14.3. The molecule has 0 aromatic carbocycles. The number of rotatable bonds is 2. The van der Waals surface area contributed by atoms with Crippen LogP contribution in [0.15, 0.2) is 11.6 Å². The van der Waals surface area contributed by atoms with E-state index in [-0.39, 0.29) is 29.3 Å². The van der Waals surface area contributed by atoms with Crippen molar-refractivity contribution in [3.63, 3.8) is 0 Å². The number of hydrogen-bond acceptors (Lipinski definition) is 3. The summed E-state index contributed by atoms with van der Waals surface area (Å²) >= 11 is 0. The first-order chi connectivity index (χ1) is 11.1. The first-order valence-electron chi connectivity index (χ1n) is 9.60. The molecule has 4 aliphatic rings. The van der Waals surface area contributed by atoms with Crippen molar-refractivity contribution in [2.45, 2.75) is 70.8 Å². The second-order valence-corrected chi connectivity index (χ2v) is 8.58. The number of carbonyl (C=O) groups is 1. The minimum Gasteiger partial charge on any atom is -0.395 e. The molecular formula is C20H30O3. The van der Waals surface area contributed by atoms with Crippen LogP contribution >= 0.6 is 0 Å². The smallest absolute Gasteiger partial charge is 0.155 e. The van der Waals surface area contributed by atoms with E-state index in [0.717, 1.165) is 51.4 Å². The highest BCUT2D eigenvalue weighted by molar-refractivity contribution is 5.91. The van der Waals surface area contributed by atoms with E-state index in [1.54, 1.807) is 0 Å². The molecule has 6 atom stereocenters. The van der Waals surface area contributed by atoms with Crippen LogP contribution in [0.25, 0.3) is 0 Å². The van der Waals surface area contributed by atoms with Gasteiger partial charge in [-0.05, 0) is 80.6 Å². The Balaban J connectivity index is 1.71. The lowest BCUT2D eigenvalue weighted by atomic mass is 9.46. The van der Waals surface area contributed by atoms with E-state index in [1.165, 1.54) is 5.57 Å². The predicted octanol–water partition coefficient (Wildman–Crippen LogP) is 3.24. The van der Waals surface area contributed by atoms with E-state index >= 15 is 0 Å². The third kappa shape index (κ3) is 1.99. The van der Waals surface area contributed by atoms with Gasteiger partial charge in [0.05, 0.1) is 12.7 Å². The third-order valence-electron chi connectivity index (χ3n) is 8.30. The summed E-state index contributed by atoms with van der Waals surface area (Å²) in [7, 11) is 0. The molecule has 3 heteroatoms. The SMILES string of the molecule is CC[C@]12CC[C@H]3[C@@H](CCC4=CC(=O)CC[C@@]43CO)[C@@H]1CCC2O. The summed E-state index contributed by atoms with van der Waals surface area (Å²) in [5.74, 6) is 2.00. The molecule has 1 unspecified atom stereocenters. The molecule has 3 fully saturated rings. The van der Waals surface area contributed by atoms with E-state index in [1.807, 2.05) is 6.08 Å². The lowest BCUT2D eigenvalue weighted by Gasteiger charge is -2.58. The molecule has 0 aromatic rings. The van der Waals surface area contributed by atoms with Gasteiger partial charge in [0.15, 0.2) is 5.78 Å². The molecule has 3 nitrogen and oxygen atoms in total. The molecular weight excluding hydrogens is 288 g/mol. The molecule has 4 aliphatic carbocycles. The van der Waals surface area contributed by atoms with E-state index < -0.39 is 0 Å². The van der Waals surface area contributed by atoms with Crippen molar-refractivity contribution in [3.8, 4) is 0 Å². The largest absolute Gasteiger partial charge is 0.395 e. The highest BCUT2D eigenvalue weighted by atomic mass is 16.3. The number of ketones is 1. The van der Waals surface area contributed by atoms with Crippen LogP contribution in [0.1, 0.15) is 64.7 Å². The highest BCUT2D eigenvalue weighted by Gasteiger charge is 2.60. The summed E-state index contributed by atoms with van der Waals surface area (Å²) in [5, 5.41) is 21.0. The molecule has 0 radical (unpaired) electrons. The van der Waals surface area contributed by atoms with Gasteiger partial charge in [0, 0.05) is 11.8 Å². The van der Waals surface area contributed by atoms with Gasteiger partial charge in [-0.15, -0.1) is 0 Å². The minimum absolute atomic E-state index is 0.128. The second kappa shape index (κ2) is 5.42. The molecule has 128 valence electrons. The van der Waals surface area contributed by atoms with Gasteiger partial charge >= 0.3 is 0 Å². The van der Waals surface area contributed by atoms with E-state index in [9.17, 15) is 15.0 Å². The third-order valence-corrected chi connectivity index (χ3v) is 8.30. The van der Waals surface area contributed by atoms with Crippen LogP contribution in [0.4, 0.5) is 0 Å². The maximum Gasteiger partial charge on any atom is 0.155 e. The van der Waals surface area contributed by atoms with Crippen molar-refractivity contribution in [2.75, 3.05) is 6.61 Å². The second-order valence-electron chi connectivity index (χ2n) is 8.58. The standard InChI is InChI=1S/C20H30O3/c1-2-19-10-8-17-15(16(19)5-6-18(19)23)4-3-13-11-14(22)7-9-20(13,17)12-21/h11,15-18,21,23H,2-10,12H2,1H3/t15-,16-,17-,18?,19-,20+/m0/s1. The van der Waals surface area contributed by atoms with Crippen molar-refractivity contribution >= 4 is 5.78 Å². The van der Waals surface area contributed by atoms with Gasteiger partial charge in [-0.25, -0.2) is 0 Å². The van der Waals surface area contributed by atoms with Crippen molar-refractivity contribution in [3.05, 3.63) is 11.6 Å². The molecule has 0 saturated heterocycles. The minimum atomic E-state index is -0.135. The van der Waals surface area contributed by atoms with Gasteiger partial charge in [0.25, 0.3) is 0 Å². The molecule has 0 amide bonds. The summed E-state index contributed by atoms with van der Waals surface area (Å²) in [6, 6.07) is 0. The molecule has 0 aliphatic heterocycles. The quantitative estimate of drug-likeness (QED) is 0.822. The lowest BCUT2D eigenvalue weighted by Crippen LogP contribution is -2.54. The molecule has 23 heavy (non-hydrogen) atoms. The summed E-state index contributed by atoms with van der Waals surface area (Å²) in [6.45, 7) is 2.44. The average Bonchev–Trinajstić information content (AvgIpc) is 2.92. The van der Waals surface area contributed by atoms with E-state index in [2.05, 4.69) is 6.92 Å². The fourth-order valence-electron chi connectivity index (χ4n) is 7.12. The summed E-state index contributed by atoms with van der Waals surface area (Å²) < 4.78 is 0. The fourth-order valence-corrected chi connectivity index (χ4v) is 7.12. The Bertz CT molecular complexity index is 539. The Morgan fingerprint density at radius 2 is 1.96 bits per heavy atom. The number of aliphatic hydroxyl groups is 2. The van der Waals surface area contributed by atoms with Gasteiger partial charge in [0.1, 0.15) is 0 Å². The van der Waals surface area contributed by atoms with Gasteiger partial charge in [0.2, 0.25) is 0 Å². The van der Waals surface area contributed by atoms with Crippen LogP contribution in [0.3, 0.4) is 0 Å². The van der Waals surface area contributed by atoms with Gasteiger partial charge in [-0.1, -0.05) is 12.5 Å². The van der Waals surface area contributed by atoms with Crippen LogP contribution in [0.5, 0.6) is 0 Å². The predicted molar refractivity (Wildman–Crippen MR) is 88.7 cm³/mol. The van der Waals surface area contributed by atoms with Crippen LogP contribution in [-0.2, 0) is 4.79 Å². The Labute approximate surface area is 139 Å². The first kappa shape index (κ1) is 15.8. The van der Waals surface area contributed by atoms with Crippen molar-refractivity contribution in [2.24, 2.45) is 28.6 Å². The van der Waals surface area contributed by atoms with Crippen LogP contribution < -0.4 is 0 Å². The van der Waals surface area contributed by atoms with Crippen molar-refractivity contribution in [1.82, 2.24) is 0 Å². The monoisotopic (exact) mass is 318 g/mol.